The maximum absolute atomic E-state index is 14.7. The third kappa shape index (κ3) is 3.67. The summed E-state index contributed by atoms with van der Waals surface area (Å²) in [5.41, 5.74) is 2.41. The van der Waals surface area contributed by atoms with Crippen molar-refractivity contribution in [1.82, 2.24) is 35.1 Å². The van der Waals surface area contributed by atoms with E-state index in [1.165, 1.54) is 16.9 Å². The number of benzene rings is 1. The molecule has 11 heteroatoms. The summed E-state index contributed by atoms with van der Waals surface area (Å²) in [7, 11) is -2.33. The van der Waals surface area contributed by atoms with Crippen LogP contribution in [0.4, 0.5) is 4.39 Å². The number of tetrazole rings is 1. The van der Waals surface area contributed by atoms with Crippen molar-refractivity contribution in [2.45, 2.75) is 44.6 Å². The Morgan fingerprint density at radius 1 is 1.25 bits per heavy atom. The molecule has 0 bridgehead atoms. The lowest BCUT2D eigenvalue weighted by molar-refractivity contribution is 0.478. The molecule has 0 saturated heterocycles. The first-order valence-corrected chi connectivity index (χ1v) is 10.1. The number of nitrogens with zero attached hydrogens (tertiary/aromatic N) is 5. The van der Waals surface area contributed by atoms with Gasteiger partial charge in [-0.25, -0.2) is 12.8 Å². The molecule has 0 unspecified atom stereocenters. The highest BCUT2D eigenvalue weighted by atomic mass is 32.2. The molecule has 2 N–H and O–H groups in total. The Balaban J connectivity index is 2.07. The number of hydrogen-bond acceptors (Lipinski definition) is 6. The first-order chi connectivity index (χ1) is 13.1. The van der Waals surface area contributed by atoms with Crippen LogP contribution in [0, 0.1) is 26.6 Å². The summed E-state index contributed by atoms with van der Waals surface area (Å²) >= 11 is 0. The normalized spacial score (nSPS) is 14.2. The molecule has 150 valence electrons. The number of halogens is 1. The van der Waals surface area contributed by atoms with Gasteiger partial charge in [0.05, 0.1) is 11.7 Å². The van der Waals surface area contributed by atoms with E-state index < -0.39 is 27.8 Å². The highest BCUT2D eigenvalue weighted by Crippen LogP contribution is 2.34. The molecule has 0 spiro atoms. The van der Waals surface area contributed by atoms with E-state index >= 15 is 0 Å². The summed E-state index contributed by atoms with van der Waals surface area (Å²) in [5, 5.41) is 17.8. The summed E-state index contributed by atoms with van der Waals surface area (Å²) in [6.07, 6.45) is 1.41. The van der Waals surface area contributed by atoms with Crippen LogP contribution in [0.1, 0.15) is 47.1 Å². The van der Waals surface area contributed by atoms with Crippen LogP contribution in [0.15, 0.2) is 23.2 Å². The fraction of sp³-hybridized carbons (Fsp3) is 0.412. The number of aromatic amines is 1. The number of sulfonamides is 1. The number of hydrogen-bond donors (Lipinski definition) is 2. The Morgan fingerprint density at radius 3 is 2.54 bits per heavy atom. The predicted molar refractivity (Wildman–Crippen MR) is 99.5 cm³/mol. The number of aryl methyl sites for hydroxylation is 3. The third-order valence-electron chi connectivity index (χ3n) is 4.87. The highest BCUT2D eigenvalue weighted by Gasteiger charge is 2.33. The average Bonchev–Trinajstić information content (AvgIpc) is 3.26. The van der Waals surface area contributed by atoms with Gasteiger partial charge in [-0.15, -0.1) is 10.2 Å². The largest absolute Gasteiger partial charge is 0.274 e. The molecule has 2 heterocycles. The van der Waals surface area contributed by atoms with Gasteiger partial charge in [-0.1, -0.05) is 18.2 Å². The van der Waals surface area contributed by atoms with Gasteiger partial charge in [-0.05, 0) is 43.5 Å². The number of aromatic nitrogens is 6. The molecule has 0 aliphatic rings. The Kier molecular flexibility index (Phi) is 5.31. The Labute approximate surface area is 162 Å². The smallest absolute Gasteiger partial charge is 0.244 e. The van der Waals surface area contributed by atoms with Crippen molar-refractivity contribution >= 4 is 10.0 Å². The van der Waals surface area contributed by atoms with E-state index in [2.05, 4.69) is 30.4 Å². The predicted octanol–water partition coefficient (Wildman–Crippen LogP) is 1.82. The van der Waals surface area contributed by atoms with Gasteiger partial charge in [0.1, 0.15) is 10.7 Å². The van der Waals surface area contributed by atoms with Crippen LogP contribution >= 0.6 is 0 Å². The number of rotatable bonds is 6. The standard InChI is InChI=1S/C17H22FN7O2S/c1-9-6-7-13(18)15(10(9)2)11(3)16(17-19-23-24-20-17)22-28(26,27)14-8-25(5)21-12(14)4/h6-8,11,16,22H,1-5H3,(H,19,20,23,24)/t11-,16+/m1/s1. The molecule has 0 radical (unpaired) electrons. The molecular weight excluding hydrogens is 385 g/mol. The van der Waals surface area contributed by atoms with Crippen molar-refractivity contribution in [2.24, 2.45) is 7.05 Å². The zero-order valence-corrected chi connectivity index (χ0v) is 17.0. The second-order valence-electron chi connectivity index (χ2n) is 6.81. The van der Waals surface area contributed by atoms with Gasteiger partial charge in [-0.2, -0.15) is 15.0 Å². The van der Waals surface area contributed by atoms with E-state index in [1.54, 1.807) is 33.9 Å². The summed E-state index contributed by atoms with van der Waals surface area (Å²) in [6, 6.07) is 2.13. The second kappa shape index (κ2) is 7.40. The molecule has 0 aliphatic heterocycles. The number of H-pyrrole nitrogens is 1. The maximum Gasteiger partial charge on any atom is 0.244 e. The Bertz CT molecular complexity index is 1090. The van der Waals surface area contributed by atoms with Crippen molar-refractivity contribution < 1.29 is 12.8 Å². The quantitative estimate of drug-likeness (QED) is 0.643. The van der Waals surface area contributed by atoms with E-state index in [0.29, 0.717) is 11.3 Å². The SMILES string of the molecule is Cc1ccc(F)c([C@@H](C)[C@H](NS(=O)(=O)c2cn(C)nc2C)c2nn[nH]n2)c1C. The molecule has 3 rings (SSSR count). The van der Waals surface area contributed by atoms with Crippen molar-refractivity contribution in [3.63, 3.8) is 0 Å². The molecule has 3 aromatic rings. The van der Waals surface area contributed by atoms with Crippen LogP contribution < -0.4 is 4.72 Å². The van der Waals surface area contributed by atoms with E-state index in [-0.39, 0.29) is 10.7 Å². The van der Waals surface area contributed by atoms with Crippen molar-refractivity contribution in [2.75, 3.05) is 0 Å². The summed E-state index contributed by atoms with van der Waals surface area (Å²) in [4.78, 5) is 0.0390. The highest BCUT2D eigenvalue weighted by molar-refractivity contribution is 7.89. The van der Waals surface area contributed by atoms with Gasteiger partial charge in [0, 0.05) is 19.2 Å². The molecule has 28 heavy (non-hydrogen) atoms. The van der Waals surface area contributed by atoms with E-state index in [4.69, 9.17) is 0 Å². The van der Waals surface area contributed by atoms with Crippen molar-refractivity contribution in [1.29, 1.82) is 0 Å². The van der Waals surface area contributed by atoms with E-state index in [9.17, 15) is 12.8 Å². The van der Waals surface area contributed by atoms with Gasteiger partial charge in [0.25, 0.3) is 0 Å². The van der Waals surface area contributed by atoms with Crippen molar-refractivity contribution in [3.8, 4) is 0 Å². The van der Waals surface area contributed by atoms with Crippen LogP contribution in [0.2, 0.25) is 0 Å². The molecule has 1 aromatic carbocycles. The van der Waals surface area contributed by atoms with Gasteiger partial charge in [0.2, 0.25) is 10.0 Å². The summed E-state index contributed by atoms with van der Waals surface area (Å²) in [5.74, 6) is -0.886. The van der Waals surface area contributed by atoms with Crippen LogP contribution in [0.3, 0.4) is 0 Å². The molecule has 9 nitrogen and oxygen atoms in total. The molecule has 2 atom stereocenters. The van der Waals surface area contributed by atoms with Crippen LogP contribution in [0.25, 0.3) is 0 Å². The van der Waals surface area contributed by atoms with Gasteiger partial charge < -0.3 is 0 Å². The first-order valence-electron chi connectivity index (χ1n) is 8.63. The zero-order valence-electron chi connectivity index (χ0n) is 16.2. The minimum absolute atomic E-state index is 0.0390. The maximum atomic E-state index is 14.7. The lowest BCUT2D eigenvalue weighted by atomic mass is 9.88. The van der Waals surface area contributed by atoms with Crippen LogP contribution in [0.5, 0.6) is 0 Å². The molecule has 2 aromatic heterocycles. The Hall–Kier alpha value is -2.66. The lowest BCUT2D eigenvalue weighted by Crippen LogP contribution is -2.33. The molecule has 0 fully saturated rings. The molecular formula is C17H22FN7O2S. The van der Waals surface area contributed by atoms with Gasteiger partial charge in [-0.3, -0.25) is 4.68 Å². The van der Waals surface area contributed by atoms with Gasteiger partial charge in [0.15, 0.2) is 5.82 Å². The average molecular weight is 407 g/mol. The van der Waals surface area contributed by atoms with Gasteiger partial charge >= 0.3 is 0 Å². The fourth-order valence-electron chi connectivity index (χ4n) is 3.28. The summed E-state index contributed by atoms with van der Waals surface area (Å²) in [6.45, 7) is 7.00. The van der Waals surface area contributed by atoms with E-state index in [0.717, 1.165) is 11.1 Å². The first kappa shape index (κ1) is 20.1. The third-order valence-corrected chi connectivity index (χ3v) is 6.41. The summed E-state index contributed by atoms with van der Waals surface area (Å²) < 4.78 is 44.7. The topological polar surface area (TPSA) is 118 Å². The molecule has 0 amide bonds. The van der Waals surface area contributed by atoms with E-state index in [1.807, 2.05) is 6.92 Å². The van der Waals surface area contributed by atoms with Crippen LogP contribution in [-0.2, 0) is 17.1 Å². The second-order valence-corrected chi connectivity index (χ2v) is 8.50. The monoisotopic (exact) mass is 407 g/mol. The number of nitrogens with one attached hydrogen (secondary N) is 2. The zero-order chi connectivity index (χ0) is 20.6. The van der Waals surface area contributed by atoms with Crippen LogP contribution in [-0.4, -0.2) is 38.8 Å². The molecule has 0 aliphatic carbocycles. The Morgan fingerprint density at radius 2 is 1.96 bits per heavy atom. The molecule has 0 saturated carbocycles. The fourth-order valence-corrected chi connectivity index (χ4v) is 4.77. The lowest BCUT2D eigenvalue weighted by Gasteiger charge is -2.25. The van der Waals surface area contributed by atoms with Crippen molar-refractivity contribution in [3.05, 3.63) is 52.4 Å². The minimum atomic E-state index is -3.96. The minimum Gasteiger partial charge on any atom is -0.274 e.